The average Bonchev–Trinajstić information content (AvgIpc) is 3.07. The van der Waals surface area contributed by atoms with E-state index < -0.39 is 23.7 Å². The lowest BCUT2D eigenvalue weighted by Crippen LogP contribution is -2.45. The Bertz CT molecular complexity index is 529. The normalized spacial score (nSPS) is 16.3. The van der Waals surface area contributed by atoms with Crippen LogP contribution >= 0.6 is 0 Å². The first-order valence-electron chi connectivity index (χ1n) is 6.99. The van der Waals surface area contributed by atoms with Gasteiger partial charge in [0.2, 0.25) is 0 Å². The molecule has 1 unspecified atom stereocenters. The van der Waals surface area contributed by atoms with Gasteiger partial charge < -0.3 is 15.2 Å². The van der Waals surface area contributed by atoms with E-state index in [1.165, 1.54) is 0 Å². The summed E-state index contributed by atoms with van der Waals surface area (Å²) >= 11 is 0. The van der Waals surface area contributed by atoms with Gasteiger partial charge in [0.05, 0.1) is 12.7 Å². The van der Waals surface area contributed by atoms with Gasteiger partial charge in [-0.1, -0.05) is 0 Å². The van der Waals surface area contributed by atoms with E-state index in [0.717, 1.165) is 18.4 Å². The second-order valence-corrected chi connectivity index (χ2v) is 6.31. The number of alkyl carbamates (subject to hydrolysis) is 1. The van der Waals surface area contributed by atoms with E-state index in [4.69, 9.17) is 4.74 Å². The van der Waals surface area contributed by atoms with Gasteiger partial charge in [-0.25, -0.2) is 9.59 Å². The van der Waals surface area contributed by atoms with Crippen molar-refractivity contribution in [3.05, 3.63) is 18.0 Å². The van der Waals surface area contributed by atoms with Gasteiger partial charge in [0.1, 0.15) is 11.6 Å². The Morgan fingerprint density at radius 1 is 1.52 bits per heavy atom. The summed E-state index contributed by atoms with van der Waals surface area (Å²) in [5.74, 6) is -0.565. The molecule has 1 atom stereocenters. The van der Waals surface area contributed by atoms with Crippen LogP contribution in [-0.4, -0.2) is 38.6 Å². The highest BCUT2D eigenvalue weighted by Crippen LogP contribution is 2.39. The van der Waals surface area contributed by atoms with Gasteiger partial charge in [-0.15, -0.1) is 0 Å². The van der Waals surface area contributed by atoms with Crippen LogP contribution in [-0.2, 0) is 16.1 Å². The molecule has 0 radical (unpaired) electrons. The molecular formula is C14H21N3O4. The van der Waals surface area contributed by atoms with E-state index in [2.05, 4.69) is 10.4 Å². The number of rotatable bonds is 5. The van der Waals surface area contributed by atoms with E-state index >= 15 is 0 Å². The summed E-state index contributed by atoms with van der Waals surface area (Å²) in [5, 5.41) is 15.7. The lowest BCUT2D eigenvalue weighted by Gasteiger charge is -2.22. The fourth-order valence-electron chi connectivity index (χ4n) is 1.93. The molecule has 21 heavy (non-hydrogen) atoms. The van der Waals surface area contributed by atoms with Crippen molar-refractivity contribution in [2.24, 2.45) is 0 Å². The number of aliphatic carboxylic acids is 1. The molecule has 1 fully saturated rings. The largest absolute Gasteiger partial charge is 0.480 e. The Hall–Kier alpha value is -2.05. The zero-order valence-electron chi connectivity index (χ0n) is 12.5. The van der Waals surface area contributed by atoms with Crippen molar-refractivity contribution in [2.45, 2.75) is 57.7 Å². The van der Waals surface area contributed by atoms with Crippen LogP contribution in [0.1, 0.15) is 45.1 Å². The molecule has 1 saturated carbocycles. The van der Waals surface area contributed by atoms with Crippen LogP contribution < -0.4 is 5.32 Å². The fraction of sp³-hybridized carbons (Fsp3) is 0.643. The standard InChI is InChI=1S/C14H21N3O4/c1-14(2,3)21-13(20)16-11(12(18)19)8-17-7-10(6-15-17)9-4-5-9/h6-7,9,11H,4-5,8H2,1-3H3,(H,16,20)(H,18,19). The number of nitrogens with one attached hydrogen (secondary N) is 1. The Balaban J connectivity index is 1.94. The third kappa shape index (κ3) is 4.77. The second kappa shape index (κ2) is 5.75. The van der Waals surface area contributed by atoms with Crippen LogP contribution in [0.3, 0.4) is 0 Å². The van der Waals surface area contributed by atoms with Crippen molar-refractivity contribution in [3.8, 4) is 0 Å². The highest BCUT2D eigenvalue weighted by molar-refractivity contribution is 5.79. The van der Waals surface area contributed by atoms with Gasteiger partial charge in [-0.05, 0) is 45.1 Å². The zero-order valence-corrected chi connectivity index (χ0v) is 12.5. The molecule has 1 heterocycles. The summed E-state index contributed by atoms with van der Waals surface area (Å²) < 4.78 is 6.61. The van der Waals surface area contributed by atoms with E-state index in [1.807, 2.05) is 6.20 Å². The van der Waals surface area contributed by atoms with Crippen molar-refractivity contribution in [2.75, 3.05) is 0 Å². The summed E-state index contributed by atoms with van der Waals surface area (Å²) in [6, 6.07) is -1.08. The maximum Gasteiger partial charge on any atom is 0.408 e. The van der Waals surface area contributed by atoms with E-state index in [1.54, 1.807) is 31.6 Å². The van der Waals surface area contributed by atoms with Crippen molar-refractivity contribution in [3.63, 3.8) is 0 Å². The quantitative estimate of drug-likeness (QED) is 0.863. The number of carboxylic acids is 1. The van der Waals surface area contributed by atoms with Gasteiger partial charge in [0, 0.05) is 6.20 Å². The first kappa shape index (κ1) is 15.3. The summed E-state index contributed by atoms with van der Waals surface area (Å²) in [4.78, 5) is 22.9. The third-order valence-electron chi connectivity index (χ3n) is 3.06. The van der Waals surface area contributed by atoms with E-state index in [-0.39, 0.29) is 6.54 Å². The molecule has 0 saturated heterocycles. The topological polar surface area (TPSA) is 93.5 Å². The van der Waals surface area contributed by atoms with Crippen LogP contribution in [0.5, 0.6) is 0 Å². The second-order valence-electron chi connectivity index (χ2n) is 6.31. The highest BCUT2D eigenvalue weighted by Gasteiger charge is 2.27. The van der Waals surface area contributed by atoms with Crippen LogP contribution in [0.15, 0.2) is 12.4 Å². The zero-order chi connectivity index (χ0) is 15.6. The van der Waals surface area contributed by atoms with Crippen molar-refractivity contribution >= 4 is 12.1 Å². The third-order valence-corrected chi connectivity index (χ3v) is 3.06. The number of nitrogens with zero attached hydrogens (tertiary/aromatic N) is 2. The van der Waals surface area contributed by atoms with Crippen molar-refractivity contribution < 1.29 is 19.4 Å². The number of hydrogen-bond donors (Lipinski definition) is 2. The molecule has 1 amide bonds. The van der Waals surface area contributed by atoms with Crippen molar-refractivity contribution in [1.29, 1.82) is 0 Å². The van der Waals surface area contributed by atoms with Gasteiger partial charge in [-0.3, -0.25) is 4.68 Å². The van der Waals surface area contributed by atoms with Crippen LogP contribution in [0.25, 0.3) is 0 Å². The predicted molar refractivity (Wildman–Crippen MR) is 75.0 cm³/mol. The minimum atomic E-state index is -1.12. The highest BCUT2D eigenvalue weighted by atomic mass is 16.6. The molecule has 1 aromatic rings. The molecule has 0 aliphatic heterocycles. The number of carbonyl (C=O) groups is 2. The molecule has 0 spiro atoms. The summed E-state index contributed by atoms with van der Waals surface area (Å²) in [5.41, 5.74) is 0.453. The summed E-state index contributed by atoms with van der Waals surface area (Å²) in [7, 11) is 0. The first-order chi connectivity index (χ1) is 9.74. The minimum Gasteiger partial charge on any atom is -0.480 e. The SMILES string of the molecule is CC(C)(C)OC(=O)NC(Cn1cc(C2CC2)cn1)C(=O)O. The van der Waals surface area contributed by atoms with Crippen molar-refractivity contribution in [1.82, 2.24) is 15.1 Å². The number of hydrogen-bond acceptors (Lipinski definition) is 4. The Kier molecular flexibility index (Phi) is 4.20. The molecule has 1 aliphatic rings. The Morgan fingerprint density at radius 3 is 2.71 bits per heavy atom. The smallest absolute Gasteiger partial charge is 0.408 e. The van der Waals surface area contributed by atoms with E-state index in [9.17, 15) is 14.7 Å². The Morgan fingerprint density at radius 2 is 2.19 bits per heavy atom. The maximum atomic E-state index is 11.7. The fourth-order valence-corrected chi connectivity index (χ4v) is 1.93. The molecular weight excluding hydrogens is 274 g/mol. The maximum absolute atomic E-state index is 11.7. The molecule has 1 aromatic heterocycles. The van der Waals surface area contributed by atoms with Gasteiger partial charge in [-0.2, -0.15) is 5.10 Å². The summed E-state index contributed by atoms with van der Waals surface area (Å²) in [6.45, 7) is 5.23. The lowest BCUT2D eigenvalue weighted by molar-refractivity contribution is -0.139. The minimum absolute atomic E-state index is 0.0707. The number of aromatic nitrogens is 2. The van der Waals surface area contributed by atoms with Crippen LogP contribution in [0.2, 0.25) is 0 Å². The molecule has 0 aromatic carbocycles. The molecule has 2 rings (SSSR count). The molecule has 0 bridgehead atoms. The molecule has 116 valence electrons. The first-order valence-corrected chi connectivity index (χ1v) is 6.99. The number of ether oxygens (including phenoxy) is 1. The number of carbonyl (C=O) groups excluding carboxylic acids is 1. The number of amides is 1. The average molecular weight is 295 g/mol. The van der Waals surface area contributed by atoms with Gasteiger partial charge in [0.15, 0.2) is 0 Å². The monoisotopic (exact) mass is 295 g/mol. The number of carboxylic acid groups (broad SMARTS) is 1. The molecule has 7 heteroatoms. The molecule has 1 aliphatic carbocycles. The van der Waals surface area contributed by atoms with Gasteiger partial charge in [0.25, 0.3) is 0 Å². The van der Waals surface area contributed by atoms with Gasteiger partial charge >= 0.3 is 12.1 Å². The lowest BCUT2D eigenvalue weighted by atomic mass is 10.2. The van der Waals surface area contributed by atoms with E-state index in [0.29, 0.717) is 5.92 Å². The molecule has 7 nitrogen and oxygen atoms in total. The Labute approximate surface area is 123 Å². The summed E-state index contributed by atoms with van der Waals surface area (Å²) in [6.07, 6.45) is 5.16. The predicted octanol–water partition coefficient (Wildman–Crippen LogP) is 1.74. The van der Waals surface area contributed by atoms with Crippen LogP contribution in [0, 0.1) is 0 Å². The van der Waals surface area contributed by atoms with Crippen LogP contribution in [0.4, 0.5) is 4.79 Å². The molecule has 2 N–H and O–H groups in total.